The molecule has 1 aromatic rings. The van der Waals surface area contributed by atoms with E-state index in [9.17, 15) is 5.11 Å². The largest absolute Gasteiger partial charge is 0.489 e. The van der Waals surface area contributed by atoms with E-state index in [0.717, 1.165) is 37.1 Å². The van der Waals surface area contributed by atoms with E-state index >= 15 is 0 Å². The van der Waals surface area contributed by atoms with Gasteiger partial charge in [0, 0.05) is 11.1 Å². The molecule has 0 radical (unpaired) electrons. The van der Waals surface area contributed by atoms with Gasteiger partial charge in [0.2, 0.25) is 0 Å². The normalized spacial score (nSPS) is 24.9. The van der Waals surface area contributed by atoms with Gasteiger partial charge >= 0.3 is 0 Å². The van der Waals surface area contributed by atoms with E-state index in [-0.39, 0.29) is 17.6 Å². The highest BCUT2D eigenvalue weighted by molar-refractivity contribution is 5.23. The summed E-state index contributed by atoms with van der Waals surface area (Å²) in [6.07, 6.45) is 5.47. The molecule has 0 saturated heterocycles. The summed E-state index contributed by atoms with van der Waals surface area (Å²) in [5.74, 6) is 0.837. The number of nitrogens with zero attached hydrogens (tertiary/aromatic N) is 1. The van der Waals surface area contributed by atoms with Crippen LogP contribution >= 0.6 is 0 Å². The lowest BCUT2D eigenvalue weighted by Gasteiger charge is -2.26. The number of aromatic nitrogens is 1. The standard InChI is InChI=1S/C15H23NO2/c1-15(2,3)14-9-8-13(10-16-14)18-12-6-4-11(17)5-7-12/h8-12,17H,4-7H2,1-3H3/t11-,12+. The fraction of sp³-hybridized carbons (Fsp3) is 0.667. The van der Waals surface area contributed by atoms with Gasteiger partial charge in [0.1, 0.15) is 5.75 Å². The first kappa shape index (κ1) is 13.3. The fourth-order valence-corrected chi connectivity index (χ4v) is 2.25. The van der Waals surface area contributed by atoms with Crippen LogP contribution in [-0.2, 0) is 5.41 Å². The van der Waals surface area contributed by atoms with Crippen molar-refractivity contribution in [3.63, 3.8) is 0 Å². The average molecular weight is 249 g/mol. The van der Waals surface area contributed by atoms with Gasteiger partial charge in [-0.25, -0.2) is 0 Å². The zero-order valence-electron chi connectivity index (χ0n) is 11.5. The molecule has 0 spiro atoms. The van der Waals surface area contributed by atoms with Crippen LogP contribution in [0.4, 0.5) is 0 Å². The Kier molecular flexibility index (Phi) is 3.91. The minimum absolute atomic E-state index is 0.0769. The zero-order chi connectivity index (χ0) is 13.2. The number of pyridine rings is 1. The van der Waals surface area contributed by atoms with E-state index in [2.05, 4.69) is 25.8 Å². The van der Waals surface area contributed by atoms with Crippen LogP contribution in [0.25, 0.3) is 0 Å². The Bertz CT molecular complexity index is 372. The van der Waals surface area contributed by atoms with Crippen LogP contribution in [-0.4, -0.2) is 22.3 Å². The summed E-state index contributed by atoms with van der Waals surface area (Å²) in [7, 11) is 0. The van der Waals surface area contributed by atoms with Gasteiger partial charge in [0.15, 0.2) is 0 Å². The topological polar surface area (TPSA) is 42.4 Å². The first-order valence-electron chi connectivity index (χ1n) is 6.76. The molecule has 0 atom stereocenters. The second-order valence-corrected chi connectivity index (χ2v) is 6.18. The van der Waals surface area contributed by atoms with Crippen molar-refractivity contribution in [3.8, 4) is 5.75 Å². The molecule has 0 unspecified atom stereocenters. The Morgan fingerprint density at radius 1 is 1.17 bits per heavy atom. The summed E-state index contributed by atoms with van der Waals surface area (Å²) < 4.78 is 5.90. The fourth-order valence-electron chi connectivity index (χ4n) is 2.25. The summed E-state index contributed by atoms with van der Waals surface area (Å²) >= 11 is 0. The number of rotatable bonds is 2. The lowest BCUT2D eigenvalue weighted by Crippen LogP contribution is -2.26. The van der Waals surface area contributed by atoms with Crippen LogP contribution < -0.4 is 4.74 Å². The molecule has 1 saturated carbocycles. The summed E-state index contributed by atoms with van der Waals surface area (Å²) in [6, 6.07) is 4.03. The Labute approximate surface area is 109 Å². The maximum Gasteiger partial charge on any atom is 0.138 e. The van der Waals surface area contributed by atoms with E-state index in [1.54, 1.807) is 0 Å². The Hall–Kier alpha value is -1.09. The molecule has 3 heteroatoms. The number of hydrogen-bond acceptors (Lipinski definition) is 3. The zero-order valence-corrected chi connectivity index (χ0v) is 11.5. The third kappa shape index (κ3) is 3.45. The molecular weight excluding hydrogens is 226 g/mol. The van der Waals surface area contributed by atoms with E-state index in [1.165, 1.54) is 0 Å². The molecule has 0 aliphatic heterocycles. The second kappa shape index (κ2) is 5.27. The smallest absolute Gasteiger partial charge is 0.138 e. The van der Waals surface area contributed by atoms with Crippen molar-refractivity contribution in [1.29, 1.82) is 0 Å². The van der Waals surface area contributed by atoms with Crippen LogP contribution in [0.3, 0.4) is 0 Å². The lowest BCUT2D eigenvalue weighted by atomic mass is 9.92. The summed E-state index contributed by atoms with van der Waals surface area (Å²) in [6.45, 7) is 6.45. The van der Waals surface area contributed by atoms with E-state index in [4.69, 9.17) is 4.74 Å². The highest BCUT2D eigenvalue weighted by atomic mass is 16.5. The summed E-state index contributed by atoms with van der Waals surface area (Å²) in [5, 5.41) is 9.45. The van der Waals surface area contributed by atoms with Crippen LogP contribution in [0, 0.1) is 0 Å². The van der Waals surface area contributed by atoms with E-state index in [0.29, 0.717) is 0 Å². The molecule has 3 nitrogen and oxygen atoms in total. The minimum Gasteiger partial charge on any atom is -0.489 e. The highest BCUT2D eigenvalue weighted by Crippen LogP contribution is 2.25. The Morgan fingerprint density at radius 2 is 1.83 bits per heavy atom. The number of hydrogen-bond donors (Lipinski definition) is 1. The summed E-state index contributed by atoms with van der Waals surface area (Å²) in [4.78, 5) is 4.46. The van der Waals surface area contributed by atoms with Crippen molar-refractivity contribution in [2.24, 2.45) is 0 Å². The molecule has 2 rings (SSSR count). The predicted octanol–water partition coefficient (Wildman–Crippen LogP) is 3.06. The van der Waals surface area contributed by atoms with Crippen molar-refractivity contribution < 1.29 is 9.84 Å². The van der Waals surface area contributed by atoms with Gasteiger partial charge in [-0.1, -0.05) is 20.8 Å². The molecular formula is C15H23NO2. The maximum atomic E-state index is 9.45. The van der Waals surface area contributed by atoms with Gasteiger partial charge in [-0.05, 0) is 37.8 Å². The van der Waals surface area contributed by atoms with Gasteiger partial charge in [0.25, 0.3) is 0 Å². The third-order valence-electron chi connectivity index (χ3n) is 3.45. The third-order valence-corrected chi connectivity index (χ3v) is 3.45. The first-order valence-corrected chi connectivity index (χ1v) is 6.76. The van der Waals surface area contributed by atoms with Gasteiger partial charge in [-0.15, -0.1) is 0 Å². The van der Waals surface area contributed by atoms with Crippen LogP contribution in [0.15, 0.2) is 18.3 Å². The molecule has 0 amide bonds. The van der Waals surface area contributed by atoms with Crippen molar-refractivity contribution in [2.75, 3.05) is 0 Å². The highest BCUT2D eigenvalue weighted by Gasteiger charge is 2.21. The lowest BCUT2D eigenvalue weighted by molar-refractivity contribution is 0.0664. The van der Waals surface area contributed by atoms with Gasteiger partial charge in [-0.3, -0.25) is 4.98 Å². The predicted molar refractivity (Wildman–Crippen MR) is 71.8 cm³/mol. The molecule has 1 N–H and O–H groups in total. The van der Waals surface area contributed by atoms with Crippen molar-refractivity contribution in [1.82, 2.24) is 4.98 Å². The van der Waals surface area contributed by atoms with E-state index < -0.39 is 0 Å². The number of aliphatic hydroxyl groups is 1. The first-order chi connectivity index (χ1) is 8.45. The van der Waals surface area contributed by atoms with Crippen LogP contribution in [0.1, 0.15) is 52.1 Å². The molecule has 0 bridgehead atoms. The van der Waals surface area contributed by atoms with Crippen molar-refractivity contribution in [2.45, 2.75) is 64.1 Å². The summed E-state index contributed by atoms with van der Waals surface area (Å²) in [5.41, 5.74) is 1.15. The maximum absolute atomic E-state index is 9.45. The Balaban J connectivity index is 1.94. The van der Waals surface area contributed by atoms with Crippen molar-refractivity contribution in [3.05, 3.63) is 24.0 Å². The molecule has 1 aliphatic carbocycles. The average Bonchev–Trinajstić information content (AvgIpc) is 2.32. The van der Waals surface area contributed by atoms with Crippen molar-refractivity contribution >= 4 is 0 Å². The van der Waals surface area contributed by atoms with Crippen LogP contribution in [0.5, 0.6) is 5.75 Å². The molecule has 18 heavy (non-hydrogen) atoms. The van der Waals surface area contributed by atoms with Gasteiger partial charge < -0.3 is 9.84 Å². The number of aliphatic hydroxyl groups excluding tert-OH is 1. The van der Waals surface area contributed by atoms with Gasteiger partial charge in [-0.2, -0.15) is 0 Å². The Morgan fingerprint density at radius 3 is 2.33 bits per heavy atom. The second-order valence-electron chi connectivity index (χ2n) is 6.18. The quantitative estimate of drug-likeness (QED) is 0.876. The number of ether oxygens (including phenoxy) is 1. The molecule has 1 aromatic heterocycles. The van der Waals surface area contributed by atoms with E-state index in [1.807, 2.05) is 18.3 Å². The monoisotopic (exact) mass is 249 g/mol. The molecule has 1 fully saturated rings. The molecule has 1 aliphatic rings. The minimum atomic E-state index is -0.133. The SMILES string of the molecule is CC(C)(C)c1ccc(O[C@H]2CC[C@@H](O)CC2)cn1. The molecule has 0 aromatic carbocycles. The molecule has 1 heterocycles. The molecule has 100 valence electrons. The van der Waals surface area contributed by atoms with Gasteiger partial charge in [0.05, 0.1) is 18.4 Å². The van der Waals surface area contributed by atoms with Crippen LogP contribution in [0.2, 0.25) is 0 Å².